The van der Waals surface area contributed by atoms with Gasteiger partial charge in [0.1, 0.15) is 0 Å². The Hall–Kier alpha value is -0.0800. The molecule has 0 unspecified atom stereocenters. The van der Waals surface area contributed by atoms with E-state index in [4.69, 9.17) is 4.74 Å². The molecule has 1 saturated heterocycles. The first-order valence-corrected chi connectivity index (χ1v) is 4.00. The maximum atomic E-state index is 5.23. The van der Waals surface area contributed by atoms with E-state index in [0.29, 0.717) is 12.1 Å². The molecule has 0 amide bonds. The molecule has 1 heterocycles. The van der Waals surface area contributed by atoms with Crippen molar-refractivity contribution in [1.82, 2.24) is 5.32 Å². The second kappa shape index (κ2) is 3.35. The van der Waals surface area contributed by atoms with Crippen molar-refractivity contribution in [3.8, 4) is 0 Å². The summed E-state index contributed by atoms with van der Waals surface area (Å²) in [6, 6.07) is 0.671. The lowest BCUT2D eigenvalue weighted by Gasteiger charge is -2.13. The maximum absolute atomic E-state index is 5.23. The van der Waals surface area contributed by atoms with Crippen LogP contribution in [0.15, 0.2) is 0 Å². The van der Waals surface area contributed by atoms with Crippen LogP contribution in [0.2, 0.25) is 0 Å². The highest BCUT2D eigenvalue weighted by Gasteiger charge is 2.25. The molecule has 1 fully saturated rings. The van der Waals surface area contributed by atoms with Crippen LogP contribution in [0, 0.1) is 5.92 Å². The molecule has 60 valence electrons. The van der Waals surface area contributed by atoms with Gasteiger partial charge in [-0.05, 0) is 12.3 Å². The molecule has 0 saturated carbocycles. The smallest absolute Gasteiger partial charge is 0.0710 e. The van der Waals surface area contributed by atoms with Gasteiger partial charge in [0.2, 0.25) is 0 Å². The van der Waals surface area contributed by atoms with Crippen LogP contribution in [0.3, 0.4) is 0 Å². The van der Waals surface area contributed by atoms with Gasteiger partial charge in [-0.15, -0.1) is 0 Å². The van der Waals surface area contributed by atoms with Crippen LogP contribution in [-0.4, -0.2) is 25.8 Å². The molecular formula is C8H17NO. The Morgan fingerprint density at radius 3 is 2.50 bits per heavy atom. The highest BCUT2D eigenvalue weighted by Crippen LogP contribution is 2.15. The van der Waals surface area contributed by atoms with Gasteiger partial charge in [0.25, 0.3) is 0 Å². The third kappa shape index (κ3) is 1.70. The Bertz CT molecular complexity index is 103. The fraction of sp³-hybridized carbons (Fsp3) is 1.00. The molecule has 1 rings (SSSR count). The molecule has 0 radical (unpaired) electrons. The van der Waals surface area contributed by atoms with E-state index in [1.165, 1.54) is 6.42 Å². The van der Waals surface area contributed by atoms with Gasteiger partial charge in [0.15, 0.2) is 0 Å². The lowest BCUT2D eigenvalue weighted by atomic mass is 10.0. The molecule has 10 heavy (non-hydrogen) atoms. The van der Waals surface area contributed by atoms with E-state index in [0.717, 1.165) is 12.5 Å². The van der Waals surface area contributed by atoms with Crippen LogP contribution in [-0.2, 0) is 4.74 Å². The van der Waals surface area contributed by atoms with Gasteiger partial charge >= 0.3 is 0 Å². The van der Waals surface area contributed by atoms with Crippen molar-refractivity contribution < 1.29 is 4.74 Å². The summed E-state index contributed by atoms with van der Waals surface area (Å²) in [4.78, 5) is 0. The standard InChI is InChI=1S/C8H17NO/c1-6(2)8-4-7(10-3)5-9-8/h6-9H,4-5H2,1-3H3/t7-,8-/m1/s1. The summed E-state index contributed by atoms with van der Waals surface area (Å²) < 4.78 is 5.23. The number of methoxy groups -OCH3 is 1. The molecule has 0 aromatic rings. The van der Waals surface area contributed by atoms with Crippen molar-refractivity contribution in [3.63, 3.8) is 0 Å². The van der Waals surface area contributed by atoms with E-state index in [9.17, 15) is 0 Å². The number of rotatable bonds is 2. The minimum Gasteiger partial charge on any atom is -0.380 e. The van der Waals surface area contributed by atoms with Crippen molar-refractivity contribution >= 4 is 0 Å². The van der Waals surface area contributed by atoms with Crippen molar-refractivity contribution in [2.24, 2.45) is 5.92 Å². The van der Waals surface area contributed by atoms with Crippen LogP contribution in [0.1, 0.15) is 20.3 Å². The first-order chi connectivity index (χ1) is 4.74. The summed E-state index contributed by atoms with van der Waals surface area (Å²) in [6.07, 6.45) is 1.63. The predicted octanol–water partition coefficient (Wildman–Crippen LogP) is 1.02. The van der Waals surface area contributed by atoms with Gasteiger partial charge in [0.05, 0.1) is 6.10 Å². The Labute approximate surface area is 63.0 Å². The van der Waals surface area contributed by atoms with Gasteiger partial charge in [-0.1, -0.05) is 13.8 Å². The quantitative estimate of drug-likeness (QED) is 0.623. The molecule has 1 aliphatic rings. The summed E-state index contributed by atoms with van der Waals surface area (Å²) in [5.74, 6) is 0.736. The molecule has 0 spiro atoms. The summed E-state index contributed by atoms with van der Waals surface area (Å²) in [6.45, 7) is 5.52. The SMILES string of the molecule is CO[C@H]1CN[C@@H](C(C)C)C1. The second-order valence-corrected chi connectivity index (χ2v) is 3.35. The number of nitrogens with one attached hydrogen (secondary N) is 1. The van der Waals surface area contributed by atoms with E-state index in [-0.39, 0.29) is 0 Å². The van der Waals surface area contributed by atoms with Crippen molar-refractivity contribution in [1.29, 1.82) is 0 Å². The number of hydrogen-bond acceptors (Lipinski definition) is 2. The Morgan fingerprint density at radius 1 is 1.50 bits per heavy atom. The Morgan fingerprint density at radius 2 is 2.20 bits per heavy atom. The maximum Gasteiger partial charge on any atom is 0.0710 e. The van der Waals surface area contributed by atoms with Crippen LogP contribution in [0.25, 0.3) is 0 Å². The molecule has 0 aromatic carbocycles. The molecule has 0 aromatic heterocycles. The monoisotopic (exact) mass is 143 g/mol. The van der Waals surface area contributed by atoms with Crippen LogP contribution in [0.5, 0.6) is 0 Å². The number of ether oxygens (including phenoxy) is 1. The van der Waals surface area contributed by atoms with E-state index in [2.05, 4.69) is 19.2 Å². The predicted molar refractivity (Wildman–Crippen MR) is 42.0 cm³/mol. The summed E-state index contributed by atoms with van der Waals surface area (Å²) in [7, 11) is 1.79. The lowest BCUT2D eigenvalue weighted by Crippen LogP contribution is -2.26. The van der Waals surface area contributed by atoms with Gasteiger partial charge < -0.3 is 10.1 Å². The van der Waals surface area contributed by atoms with Gasteiger partial charge in [-0.25, -0.2) is 0 Å². The van der Waals surface area contributed by atoms with Crippen LogP contribution >= 0.6 is 0 Å². The highest BCUT2D eigenvalue weighted by molar-refractivity contribution is 4.83. The zero-order valence-corrected chi connectivity index (χ0v) is 7.05. The minimum absolute atomic E-state index is 0.451. The van der Waals surface area contributed by atoms with E-state index in [1.807, 2.05) is 0 Å². The fourth-order valence-electron chi connectivity index (χ4n) is 1.42. The highest BCUT2D eigenvalue weighted by atomic mass is 16.5. The van der Waals surface area contributed by atoms with Crippen molar-refractivity contribution in [2.75, 3.05) is 13.7 Å². The van der Waals surface area contributed by atoms with Gasteiger partial charge in [-0.3, -0.25) is 0 Å². The minimum atomic E-state index is 0.451. The van der Waals surface area contributed by atoms with Crippen LogP contribution in [0.4, 0.5) is 0 Å². The average molecular weight is 143 g/mol. The third-order valence-corrected chi connectivity index (χ3v) is 2.26. The molecule has 2 heteroatoms. The van der Waals surface area contributed by atoms with Crippen molar-refractivity contribution in [2.45, 2.75) is 32.4 Å². The molecule has 0 bridgehead atoms. The second-order valence-electron chi connectivity index (χ2n) is 3.35. The van der Waals surface area contributed by atoms with E-state index in [1.54, 1.807) is 7.11 Å². The Balaban J connectivity index is 2.28. The topological polar surface area (TPSA) is 21.3 Å². The Kier molecular flexibility index (Phi) is 2.69. The third-order valence-electron chi connectivity index (χ3n) is 2.26. The van der Waals surface area contributed by atoms with Crippen molar-refractivity contribution in [3.05, 3.63) is 0 Å². The summed E-state index contributed by atoms with van der Waals surface area (Å²) >= 11 is 0. The van der Waals surface area contributed by atoms with Gasteiger partial charge in [0, 0.05) is 19.7 Å². The summed E-state index contributed by atoms with van der Waals surface area (Å²) in [5.41, 5.74) is 0. The normalized spacial score (nSPS) is 33.6. The van der Waals surface area contributed by atoms with Crippen LogP contribution < -0.4 is 5.32 Å². The fourth-order valence-corrected chi connectivity index (χ4v) is 1.42. The molecular weight excluding hydrogens is 126 g/mol. The molecule has 1 N–H and O–H groups in total. The average Bonchev–Trinajstić information content (AvgIpc) is 2.34. The molecule has 2 nitrogen and oxygen atoms in total. The zero-order chi connectivity index (χ0) is 7.56. The zero-order valence-electron chi connectivity index (χ0n) is 7.05. The lowest BCUT2D eigenvalue weighted by molar-refractivity contribution is 0.116. The first kappa shape index (κ1) is 8.02. The van der Waals surface area contributed by atoms with E-state index < -0.39 is 0 Å². The first-order valence-electron chi connectivity index (χ1n) is 4.00. The van der Waals surface area contributed by atoms with E-state index >= 15 is 0 Å². The molecule has 0 aliphatic carbocycles. The molecule has 1 aliphatic heterocycles. The molecule has 2 atom stereocenters. The largest absolute Gasteiger partial charge is 0.380 e. The number of hydrogen-bond donors (Lipinski definition) is 1. The van der Waals surface area contributed by atoms with Gasteiger partial charge in [-0.2, -0.15) is 0 Å². The summed E-state index contributed by atoms with van der Waals surface area (Å²) in [5, 5.41) is 3.43.